The van der Waals surface area contributed by atoms with Crippen molar-refractivity contribution in [1.82, 2.24) is 0 Å². The van der Waals surface area contributed by atoms with Gasteiger partial charge in [-0.3, -0.25) is 0 Å². The second-order valence-electron chi connectivity index (χ2n) is 3.61. The van der Waals surface area contributed by atoms with E-state index >= 15 is 0 Å². The summed E-state index contributed by atoms with van der Waals surface area (Å²) in [6.07, 6.45) is 7.14. The van der Waals surface area contributed by atoms with Gasteiger partial charge in [0, 0.05) is 7.11 Å². The summed E-state index contributed by atoms with van der Waals surface area (Å²) in [6, 6.07) is 0. The second kappa shape index (κ2) is 2.75. The lowest BCUT2D eigenvalue weighted by Gasteiger charge is -2.33. The van der Waals surface area contributed by atoms with Crippen molar-refractivity contribution in [2.24, 2.45) is 5.41 Å². The van der Waals surface area contributed by atoms with E-state index in [2.05, 4.69) is 26.0 Å². The molecule has 0 aliphatic heterocycles. The Balaban J connectivity index is 2.66. The van der Waals surface area contributed by atoms with Crippen LogP contribution in [0.1, 0.15) is 26.7 Å². The fourth-order valence-corrected chi connectivity index (χ4v) is 1.48. The molecular formula is C9H16O. The highest BCUT2D eigenvalue weighted by Crippen LogP contribution is 2.32. The largest absolute Gasteiger partial charge is 0.377 e. The third-order valence-corrected chi connectivity index (χ3v) is 2.29. The molecule has 1 rings (SSSR count). The molecule has 0 aromatic carbocycles. The van der Waals surface area contributed by atoms with Gasteiger partial charge in [-0.15, -0.1) is 0 Å². The first kappa shape index (κ1) is 7.80. The molecule has 0 bridgehead atoms. The van der Waals surface area contributed by atoms with Crippen LogP contribution in [0.15, 0.2) is 12.2 Å². The molecule has 1 aliphatic carbocycles. The first-order chi connectivity index (χ1) is 4.67. The summed E-state index contributed by atoms with van der Waals surface area (Å²) >= 11 is 0. The molecule has 0 fully saturated rings. The number of hydrogen-bond donors (Lipinski definition) is 0. The van der Waals surface area contributed by atoms with Crippen LogP contribution in [0.3, 0.4) is 0 Å². The molecule has 0 unspecified atom stereocenters. The van der Waals surface area contributed by atoms with E-state index in [9.17, 15) is 0 Å². The zero-order chi connectivity index (χ0) is 7.61. The Morgan fingerprint density at radius 2 is 2.20 bits per heavy atom. The van der Waals surface area contributed by atoms with Gasteiger partial charge >= 0.3 is 0 Å². The molecule has 0 aromatic heterocycles. The SMILES string of the molecule is CO[C@H]1C=CCCC1(C)C. The van der Waals surface area contributed by atoms with Gasteiger partial charge < -0.3 is 4.74 Å². The average molecular weight is 140 g/mol. The molecular weight excluding hydrogens is 124 g/mol. The van der Waals surface area contributed by atoms with E-state index in [1.807, 2.05) is 0 Å². The first-order valence-corrected chi connectivity index (χ1v) is 3.86. The summed E-state index contributed by atoms with van der Waals surface area (Å²) in [5, 5.41) is 0. The Kier molecular flexibility index (Phi) is 2.14. The summed E-state index contributed by atoms with van der Waals surface area (Å²) in [5.41, 5.74) is 0.337. The molecule has 0 aromatic rings. The number of ether oxygens (including phenoxy) is 1. The standard InChI is InChI=1S/C9H16O/c1-9(2)7-5-4-6-8(9)10-3/h4,6,8H,5,7H2,1-3H3/t8-/m0/s1. The molecule has 0 saturated carbocycles. The van der Waals surface area contributed by atoms with E-state index in [1.54, 1.807) is 7.11 Å². The zero-order valence-corrected chi connectivity index (χ0v) is 7.05. The summed E-state index contributed by atoms with van der Waals surface area (Å²) in [4.78, 5) is 0. The Morgan fingerprint density at radius 1 is 1.50 bits per heavy atom. The summed E-state index contributed by atoms with van der Waals surface area (Å²) in [5.74, 6) is 0. The molecule has 58 valence electrons. The molecule has 0 amide bonds. The van der Waals surface area contributed by atoms with Gasteiger partial charge in [-0.25, -0.2) is 0 Å². The van der Waals surface area contributed by atoms with E-state index in [-0.39, 0.29) is 0 Å². The van der Waals surface area contributed by atoms with Crippen molar-refractivity contribution in [2.75, 3.05) is 7.11 Å². The molecule has 1 aliphatic rings. The van der Waals surface area contributed by atoms with Gasteiger partial charge in [-0.05, 0) is 18.3 Å². The lowest BCUT2D eigenvalue weighted by atomic mass is 9.78. The van der Waals surface area contributed by atoms with E-state index in [4.69, 9.17) is 4.74 Å². The number of allylic oxidation sites excluding steroid dienone is 1. The van der Waals surface area contributed by atoms with Crippen molar-refractivity contribution in [3.8, 4) is 0 Å². The van der Waals surface area contributed by atoms with Crippen LogP contribution in [-0.4, -0.2) is 13.2 Å². The zero-order valence-electron chi connectivity index (χ0n) is 7.05. The Hall–Kier alpha value is -0.300. The number of hydrogen-bond acceptors (Lipinski definition) is 1. The molecule has 0 spiro atoms. The lowest BCUT2D eigenvalue weighted by molar-refractivity contribution is 0.0327. The van der Waals surface area contributed by atoms with Crippen molar-refractivity contribution in [3.05, 3.63) is 12.2 Å². The monoisotopic (exact) mass is 140 g/mol. The van der Waals surface area contributed by atoms with Crippen molar-refractivity contribution in [3.63, 3.8) is 0 Å². The molecule has 0 heterocycles. The maximum Gasteiger partial charge on any atom is 0.0803 e. The minimum absolute atomic E-state index is 0.321. The van der Waals surface area contributed by atoms with Gasteiger partial charge in [0.2, 0.25) is 0 Å². The lowest BCUT2D eigenvalue weighted by Crippen LogP contribution is -2.31. The van der Waals surface area contributed by atoms with E-state index in [0.29, 0.717) is 11.5 Å². The Labute approximate surface area is 63.1 Å². The van der Waals surface area contributed by atoms with Gasteiger partial charge in [-0.1, -0.05) is 26.0 Å². The summed E-state index contributed by atoms with van der Waals surface area (Å²) < 4.78 is 5.32. The van der Waals surface area contributed by atoms with Crippen LogP contribution in [0, 0.1) is 5.41 Å². The summed E-state index contributed by atoms with van der Waals surface area (Å²) in [6.45, 7) is 4.51. The maximum atomic E-state index is 5.32. The van der Waals surface area contributed by atoms with Gasteiger partial charge in [-0.2, -0.15) is 0 Å². The third kappa shape index (κ3) is 1.40. The van der Waals surface area contributed by atoms with E-state index < -0.39 is 0 Å². The molecule has 10 heavy (non-hydrogen) atoms. The summed E-state index contributed by atoms with van der Waals surface area (Å²) in [7, 11) is 1.78. The fraction of sp³-hybridized carbons (Fsp3) is 0.778. The average Bonchev–Trinajstić information content (AvgIpc) is 1.87. The molecule has 0 radical (unpaired) electrons. The van der Waals surface area contributed by atoms with Crippen LogP contribution in [0.25, 0.3) is 0 Å². The van der Waals surface area contributed by atoms with Crippen LogP contribution in [0.2, 0.25) is 0 Å². The fourth-order valence-electron chi connectivity index (χ4n) is 1.48. The number of methoxy groups -OCH3 is 1. The van der Waals surface area contributed by atoms with Crippen LogP contribution < -0.4 is 0 Å². The third-order valence-electron chi connectivity index (χ3n) is 2.29. The van der Waals surface area contributed by atoms with Crippen molar-refractivity contribution < 1.29 is 4.74 Å². The van der Waals surface area contributed by atoms with Crippen LogP contribution >= 0.6 is 0 Å². The molecule has 0 saturated heterocycles. The van der Waals surface area contributed by atoms with Crippen molar-refractivity contribution >= 4 is 0 Å². The van der Waals surface area contributed by atoms with Crippen LogP contribution in [0.4, 0.5) is 0 Å². The minimum Gasteiger partial charge on any atom is -0.377 e. The predicted octanol–water partition coefficient (Wildman–Crippen LogP) is 2.38. The predicted molar refractivity (Wildman–Crippen MR) is 43.0 cm³/mol. The molecule has 1 heteroatoms. The maximum absolute atomic E-state index is 5.32. The van der Waals surface area contributed by atoms with Crippen LogP contribution in [0.5, 0.6) is 0 Å². The second-order valence-corrected chi connectivity index (χ2v) is 3.61. The first-order valence-electron chi connectivity index (χ1n) is 3.86. The van der Waals surface area contributed by atoms with Gasteiger partial charge in [0.25, 0.3) is 0 Å². The molecule has 1 atom stereocenters. The van der Waals surface area contributed by atoms with Crippen molar-refractivity contribution in [2.45, 2.75) is 32.8 Å². The molecule has 0 N–H and O–H groups in total. The van der Waals surface area contributed by atoms with E-state index in [1.165, 1.54) is 12.8 Å². The normalized spacial score (nSPS) is 30.5. The van der Waals surface area contributed by atoms with Gasteiger partial charge in [0.15, 0.2) is 0 Å². The Bertz CT molecular complexity index is 136. The van der Waals surface area contributed by atoms with E-state index in [0.717, 1.165) is 0 Å². The highest BCUT2D eigenvalue weighted by atomic mass is 16.5. The van der Waals surface area contributed by atoms with Crippen molar-refractivity contribution in [1.29, 1.82) is 0 Å². The van der Waals surface area contributed by atoms with Gasteiger partial charge in [0.05, 0.1) is 6.10 Å². The minimum atomic E-state index is 0.321. The quantitative estimate of drug-likeness (QED) is 0.508. The number of rotatable bonds is 1. The Morgan fingerprint density at radius 3 is 2.60 bits per heavy atom. The highest BCUT2D eigenvalue weighted by Gasteiger charge is 2.28. The topological polar surface area (TPSA) is 9.23 Å². The smallest absolute Gasteiger partial charge is 0.0803 e. The van der Waals surface area contributed by atoms with Gasteiger partial charge in [0.1, 0.15) is 0 Å². The highest BCUT2D eigenvalue weighted by molar-refractivity contribution is 5.02. The van der Waals surface area contributed by atoms with Crippen LogP contribution in [-0.2, 0) is 4.74 Å². The molecule has 1 nitrogen and oxygen atoms in total.